The molecule has 0 radical (unpaired) electrons. The maximum Gasteiger partial charge on any atom is 0.162 e. The van der Waals surface area contributed by atoms with Crippen LogP contribution in [0.3, 0.4) is 0 Å². The Labute approximate surface area is 214 Å². The Hall–Kier alpha value is -3.59. The minimum atomic E-state index is -0.668. The van der Waals surface area contributed by atoms with Crippen molar-refractivity contribution in [2.75, 3.05) is 0 Å². The van der Waals surface area contributed by atoms with Crippen LogP contribution in [0.25, 0.3) is 22.6 Å². The van der Waals surface area contributed by atoms with Gasteiger partial charge in [-0.2, -0.15) is 10.2 Å². The van der Waals surface area contributed by atoms with E-state index in [9.17, 15) is 13.9 Å². The Balaban J connectivity index is 1.63. The lowest BCUT2D eigenvalue weighted by Gasteiger charge is -2.41. The van der Waals surface area contributed by atoms with Crippen molar-refractivity contribution in [1.29, 1.82) is 0 Å². The van der Waals surface area contributed by atoms with Crippen molar-refractivity contribution < 1.29 is 13.9 Å². The molecule has 9 heteroatoms. The van der Waals surface area contributed by atoms with Crippen LogP contribution >= 0.6 is 0 Å². The van der Waals surface area contributed by atoms with Gasteiger partial charge in [-0.25, -0.2) is 18.7 Å². The molecule has 1 aromatic carbocycles. The van der Waals surface area contributed by atoms with Gasteiger partial charge in [0.25, 0.3) is 0 Å². The average molecular weight is 505 g/mol. The van der Waals surface area contributed by atoms with Gasteiger partial charge in [0, 0.05) is 12.4 Å². The van der Waals surface area contributed by atoms with E-state index in [1.807, 2.05) is 12.3 Å². The van der Waals surface area contributed by atoms with Crippen molar-refractivity contribution in [3.05, 3.63) is 77.5 Å². The lowest BCUT2D eigenvalue weighted by Crippen LogP contribution is -2.40. The van der Waals surface area contributed by atoms with E-state index in [-0.39, 0.29) is 22.6 Å². The molecule has 5 rings (SSSR count). The number of halogens is 2. The van der Waals surface area contributed by atoms with Crippen LogP contribution in [0.2, 0.25) is 0 Å². The lowest BCUT2D eigenvalue weighted by atomic mass is 9.62. The summed E-state index contributed by atoms with van der Waals surface area (Å²) >= 11 is 0. The summed E-state index contributed by atoms with van der Waals surface area (Å²) in [5, 5.41) is 22.9. The summed E-state index contributed by atoms with van der Waals surface area (Å²) in [6.45, 7) is 10.6. The monoisotopic (exact) mass is 504 g/mol. The maximum atomic E-state index is 14.6. The number of nitrogens with zero attached hydrogens (tertiary/aromatic N) is 6. The molecule has 0 fully saturated rings. The number of hydrogen-bond donors (Lipinski definition) is 1. The largest absolute Gasteiger partial charge is 0.391 e. The summed E-state index contributed by atoms with van der Waals surface area (Å²) in [5.41, 5.74) is 2.22. The third-order valence-electron chi connectivity index (χ3n) is 7.97. The van der Waals surface area contributed by atoms with Crippen LogP contribution in [0.5, 0.6) is 0 Å². The second kappa shape index (κ2) is 9.06. The molecule has 3 aromatic heterocycles. The Bertz CT molecular complexity index is 1450. The summed E-state index contributed by atoms with van der Waals surface area (Å²) < 4.78 is 30.8. The Morgan fingerprint density at radius 3 is 2.51 bits per heavy atom. The van der Waals surface area contributed by atoms with E-state index in [1.165, 1.54) is 18.2 Å². The Morgan fingerprint density at radius 1 is 1.11 bits per heavy atom. The van der Waals surface area contributed by atoms with Gasteiger partial charge in [0.15, 0.2) is 5.82 Å². The normalized spacial score (nSPS) is 21.1. The summed E-state index contributed by atoms with van der Waals surface area (Å²) in [6, 6.07) is 7.46. The molecule has 192 valence electrons. The van der Waals surface area contributed by atoms with Gasteiger partial charge in [-0.3, -0.25) is 4.68 Å². The fourth-order valence-electron chi connectivity index (χ4n) is 5.77. The van der Waals surface area contributed by atoms with Gasteiger partial charge < -0.3 is 5.11 Å². The van der Waals surface area contributed by atoms with Gasteiger partial charge in [-0.05, 0) is 61.4 Å². The van der Waals surface area contributed by atoms with E-state index in [2.05, 4.69) is 48.0 Å². The van der Waals surface area contributed by atoms with Crippen LogP contribution in [0.15, 0.2) is 48.9 Å². The van der Waals surface area contributed by atoms with Crippen molar-refractivity contribution in [3.63, 3.8) is 0 Å². The van der Waals surface area contributed by atoms with Gasteiger partial charge in [0.2, 0.25) is 0 Å². The van der Waals surface area contributed by atoms with Crippen molar-refractivity contribution in [2.45, 2.75) is 65.0 Å². The molecule has 7 nitrogen and oxygen atoms in total. The second-order valence-corrected chi connectivity index (χ2v) is 10.5. The first-order valence-electron chi connectivity index (χ1n) is 12.4. The van der Waals surface area contributed by atoms with Crippen LogP contribution in [-0.4, -0.2) is 41.2 Å². The molecule has 1 N–H and O–H groups in total. The van der Waals surface area contributed by atoms with Gasteiger partial charge in [-0.15, -0.1) is 5.10 Å². The zero-order chi connectivity index (χ0) is 26.5. The van der Waals surface area contributed by atoms with Crippen molar-refractivity contribution in [2.24, 2.45) is 5.41 Å². The molecule has 0 spiro atoms. The number of fused-ring (bicyclic) bond motifs is 1. The topological polar surface area (TPSA) is 89.6 Å². The zero-order valence-corrected chi connectivity index (χ0v) is 21.6. The number of hydrogen-bond acceptors (Lipinski definition) is 6. The zero-order valence-electron chi connectivity index (χ0n) is 21.6. The van der Waals surface area contributed by atoms with Crippen LogP contribution in [0, 0.1) is 17.0 Å². The van der Waals surface area contributed by atoms with Crippen LogP contribution in [-0.2, 0) is 12.0 Å². The molecular formula is C28H30F2N6O. The van der Waals surface area contributed by atoms with E-state index in [0.29, 0.717) is 12.4 Å². The molecule has 3 heterocycles. The molecule has 0 aliphatic heterocycles. The fraction of sp³-hybridized carbons (Fsp3) is 0.393. The van der Waals surface area contributed by atoms with E-state index in [4.69, 9.17) is 4.98 Å². The number of aromatic nitrogens is 6. The first-order valence-corrected chi connectivity index (χ1v) is 12.4. The van der Waals surface area contributed by atoms with Crippen molar-refractivity contribution in [3.8, 4) is 22.6 Å². The first kappa shape index (κ1) is 25.1. The van der Waals surface area contributed by atoms with Crippen LogP contribution < -0.4 is 0 Å². The molecule has 1 aliphatic carbocycles. The number of aliphatic hydroxyl groups excluding tert-OH is 1. The van der Waals surface area contributed by atoms with Crippen LogP contribution in [0.1, 0.15) is 63.9 Å². The van der Waals surface area contributed by atoms with Crippen molar-refractivity contribution in [1.82, 2.24) is 29.9 Å². The number of benzene rings is 1. The van der Waals surface area contributed by atoms with E-state index < -0.39 is 23.2 Å². The van der Waals surface area contributed by atoms with E-state index >= 15 is 0 Å². The van der Waals surface area contributed by atoms with E-state index in [1.54, 1.807) is 30.1 Å². The smallest absolute Gasteiger partial charge is 0.162 e. The lowest BCUT2D eigenvalue weighted by molar-refractivity contribution is 0.168. The molecule has 0 saturated heterocycles. The third-order valence-corrected chi connectivity index (χ3v) is 7.97. The third kappa shape index (κ3) is 3.92. The summed E-state index contributed by atoms with van der Waals surface area (Å²) in [5.74, 6) is -0.757. The average Bonchev–Trinajstić information content (AvgIpc) is 3.37. The molecule has 1 aliphatic rings. The standard InChI is InChI=1S/C28H30F2N6O/c1-6-19-18-12-22(24-20(29)8-7-9-21(24)30)34-35-25(18)28(5,27(19,3)4)23-10-11-31-26(33-23)17-13-32-36(15-17)14-16(2)37/h7-13,15-16,19,37H,6,14H2,1-5H3/t16-,19-,28-/m0/s1. The highest BCUT2D eigenvalue weighted by atomic mass is 19.1. The second-order valence-electron chi connectivity index (χ2n) is 10.5. The summed E-state index contributed by atoms with van der Waals surface area (Å²) in [6.07, 6.45) is 5.50. The summed E-state index contributed by atoms with van der Waals surface area (Å²) in [7, 11) is 0. The molecule has 37 heavy (non-hydrogen) atoms. The SMILES string of the molecule is CC[C@H]1c2cc(-c3c(F)cccc3F)nnc2[C@](C)(c2ccnc(-c3cnn(C[C@H](C)O)c3)n2)C1(C)C. The summed E-state index contributed by atoms with van der Waals surface area (Å²) in [4.78, 5) is 9.42. The van der Waals surface area contributed by atoms with Crippen molar-refractivity contribution >= 4 is 0 Å². The van der Waals surface area contributed by atoms with Gasteiger partial charge in [-0.1, -0.05) is 26.8 Å². The molecule has 4 aromatic rings. The number of rotatable bonds is 6. The predicted octanol–water partition coefficient (Wildman–Crippen LogP) is 5.30. The fourth-order valence-corrected chi connectivity index (χ4v) is 5.77. The Morgan fingerprint density at radius 2 is 1.84 bits per heavy atom. The minimum Gasteiger partial charge on any atom is -0.391 e. The highest BCUT2D eigenvalue weighted by molar-refractivity contribution is 5.63. The highest BCUT2D eigenvalue weighted by Crippen LogP contribution is 2.61. The molecule has 3 atom stereocenters. The number of aliphatic hydroxyl groups is 1. The first-order chi connectivity index (χ1) is 17.6. The molecular weight excluding hydrogens is 474 g/mol. The molecule has 0 amide bonds. The highest BCUT2D eigenvalue weighted by Gasteiger charge is 2.57. The Kier molecular flexibility index (Phi) is 6.14. The maximum absolute atomic E-state index is 14.6. The van der Waals surface area contributed by atoms with E-state index in [0.717, 1.165) is 28.9 Å². The minimum absolute atomic E-state index is 0.0591. The van der Waals surface area contributed by atoms with Gasteiger partial charge in [0.05, 0.1) is 52.5 Å². The quantitative estimate of drug-likeness (QED) is 0.384. The molecule has 0 saturated carbocycles. The molecule has 0 unspecified atom stereocenters. The van der Waals surface area contributed by atoms with Gasteiger partial charge >= 0.3 is 0 Å². The van der Waals surface area contributed by atoms with Gasteiger partial charge in [0.1, 0.15) is 11.6 Å². The van der Waals surface area contributed by atoms with Crippen LogP contribution in [0.4, 0.5) is 8.78 Å². The molecule has 0 bridgehead atoms. The predicted molar refractivity (Wildman–Crippen MR) is 136 cm³/mol.